The Bertz CT molecular complexity index is 730. The molecule has 1 aliphatic heterocycles. The maximum Gasteiger partial charge on any atom is 0.272 e. The van der Waals surface area contributed by atoms with Gasteiger partial charge in [0.1, 0.15) is 11.4 Å². The molecule has 0 saturated carbocycles. The second-order valence-electron chi connectivity index (χ2n) is 5.87. The number of rotatable bonds is 4. The summed E-state index contributed by atoms with van der Waals surface area (Å²) in [5.41, 5.74) is 1.00. The van der Waals surface area contributed by atoms with Crippen molar-refractivity contribution >= 4 is 11.7 Å². The van der Waals surface area contributed by atoms with Crippen molar-refractivity contribution in [3.05, 3.63) is 59.9 Å². The van der Waals surface area contributed by atoms with Gasteiger partial charge in [-0.3, -0.25) is 14.6 Å². The molecule has 1 amide bonds. The van der Waals surface area contributed by atoms with Gasteiger partial charge in [0.2, 0.25) is 0 Å². The Morgan fingerprint density at radius 3 is 2.71 bits per heavy atom. The molecule has 24 heavy (non-hydrogen) atoms. The van der Waals surface area contributed by atoms with Crippen LogP contribution in [0.4, 0.5) is 0 Å². The van der Waals surface area contributed by atoms with Gasteiger partial charge in [-0.2, -0.15) is 0 Å². The lowest BCUT2D eigenvalue weighted by Crippen LogP contribution is -2.42. The maximum atomic E-state index is 12.9. The minimum atomic E-state index is -0.206. The number of para-hydroxylation sites is 1. The average Bonchev–Trinajstić information content (AvgIpc) is 2.67. The first-order valence-corrected chi connectivity index (χ1v) is 8.08. The van der Waals surface area contributed by atoms with Gasteiger partial charge in [0, 0.05) is 25.2 Å². The van der Waals surface area contributed by atoms with E-state index in [1.165, 1.54) is 0 Å². The Kier molecular flexibility index (Phi) is 4.89. The fourth-order valence-electron chi connectivity index (χ4n) is 3.09. The standard InChI is InChI=1S/C19H20N2O3/c1-24-17-10-3-2-8-15(17)18(22)14-7-6-12-21(13-14)19(23)16-9-4-5-11-20-16/h2-5,8-11,14H,6-7,12-13H2,1H3/t14-/m1/s1. The smallest absolute Gasteiger partial charge is 0.272 e. The van der Waals surface area contributed by atoms with E-state index in [4.69, 9.17) is 4.74 Å². The van der Waals surface area contributed by atoms with Crippen LogP contribution in [0.5, 0.6) is 5.75 Å². The number of hydrogen-bond donors (Lipinski definition) is 0. The fourth-order valence-corrected chi connectivity index (χ4v) is 3.09. The Morgan fingerprint density at radius 1 is 1.17 bits per heavy atom. The van der Waals surface area contributed by atoms with Gasteiger partial charge >= 0.3 is 0 Å². The topological polar surface area (TPSA) is 59.5 Å². The Balaban J connectivity index is 1.76. The van der Waals surface area contributed by atoms with Crippen LogP contribution in [0.2, 0.25) is 0 Å². The first-order chi connectivity index (χ1) is 11.7. The average molecular weight is 324 g/mol. The summed E-state index contributed by atoms with van der Waals surface area (Å²) in [5.74, 6) is 0.289. The lowest BCUT2D eigenvalue weighted by Gasteiger charge is -2.32. The molecule has 1 aromatic heterocycles. The molecule has 0 spiro atoms. The maximum absolute atomic E-state index is 12.9. The summed E-state index contributed by atoms with van der Waals surface area (Å²) in [6.07, 6.45) is 3.20. The summed E-state index contributed by atoms with van der Waals surface area (Å²) >= 11 is 0. The van der Waals surface area contributed by atoms with E-state index < -0.39 is 0 Å². The normalized spacial score (nSPS) is 17.4. The quantitative estimate of drug-likeness (QED) is 0.812. The number of carbonyl (C=O) groups excluding carboxylic acids is 2. The van der Waals surface area contributed by atoms with Crippen molar-refractivity contribution in [1.29, 1.82) is 0 Å². The number of pyridine rings is 1. The van der Waals surface area contributed by atoms with Gasteiger partial charge in [0.25, 0.3) is 5.91 Å². The molecular formula is C19H20N2O3. The molecule has 1 aliphatic rings. The van der Waals surface area contributed by atoms with Gasteiger partial charge in [0.05, 0.1) is 12.7 Å². The van der Waals surface area contributed by atoms with E-state index in [1.807, 2.05) is 12.1 Å². The molecule has 1 aromatic carbocycles. The summed E-state index contributed by atoms with van der Waals surface area (Å²) in [4.78, 5) is 31.2. The van der Waals surface area contributed by atoms with Crippen molar-refractivity contribution < 1.29 is 14.3 Å². The summed E-state index contributed by atoms with van der Waals surface area (Å²) in [5, 5.41) is 0. The van der Waals surface area contributed by atoms with Crippen molar-refractivity contribution in [2.75, 3.05) is 20.2 Å². The Labute approximate surface area is 141 Å². The number of benzene rings is 1. The molecule has 2 heterocycles. The number of ketones is 1. The number of aromatic nitrogens is 1. The second kappa shape index (κ2) is 7.25. The molecule has 0 bridgehead atoms. The Morgan fingerprint density at radius 2 is 1.96 bits per heavy atom. The SMILES string of the molecule is COc1ccccc1C(=O)[C@@H]1CCCN(C(=O)c2ccccn2)C1. The predicted octanol–water partition coefficient (Wildman–Crippen LogP) is 2.83. The molecule has 0 radical (unpaired) electrons. The number of methoxy groups -OCH3 is 1. The molecule has 5 heteroatoms. The zero-order valence-electron chi connectivity index (χ0n) is 13.6. The first kappa shape index (κ1) is 16.2. The first-order valence-electron chi connectivity index (χ1n) is 8.08. The van der Waals surface area contributed by atoms with Gasteiger partial charge < -0.3 is 9.64 Å². The van der Waals surface area contributed by atoms with Crippen LogP contribution >= 0.6 is 0 Å². The van der Waals surface area contributed by atoms with Gasteiger partial charge in [-0.25, -0.2) is 0 Å². The largest absolute Gasteiger partial charge is 0.496 e. The van der Waals surface area contributed by atoms with Gasteiger partial charge in [0.15, 0.2) is 5.78 Å². The molecule has 5 nitrogen and oxygen atoms in total. The van der Waals surface area contributed by atoms with E-state index in [9.17, 15) is 9.59 Å². The van der Waals surface area contributed by atoms with Crippen LogP contribution in [-0.4, -0.2) is 41.8 Å². The van der Waals surface area contributed by atoms with Crippen LogP contribution in [0, 0.1) is 5.92 Å². The molecule has 1 saturated heterocycles. The van der Waals surface area contributed by atoms with E-state index in [0.717, 1.165) is 12.8 Å². The van der Waals surface area contributed by atoms with Crippen LogP contribution in [0.1, 0.15) is 33.7 Å². The third-order valence-corrected chi connectivity index (χ3v) is 4.34. The zero-order chi connectivity index (χ0) is 16.9. The highest BCUT2D eigenvalue weighted by molar-refractivity contribution is 6.01. The number of likely N-dealkylation sites (tertiary alicyclic amines) is 1. The summed E-state index contributed by atoms with van der Waals surface area (Å²) in [6.45, 7) is 1.08. The molecular weight excluding hydrogens is 304 g/mol. The van der Waals surface area contributed by atoms with Crippen molar-refractivity contribution in [3.63, 3.8) is 0 Å². The van der Waals surface area contributed by atoms with E-state index in [1.54, 1.807) is 48.5 Å². The van der Waals surface area contributed by atoms with Crippen molar-refractivity contribution in [2.45, 2.75) is 12.8 Å². The number of piperidine rings is 1. The van der Waals surface area contributed by atoms with Gasteiger partial charge in [-0.1, -0.05) is 18.2 Å². The van der Waals surface area contributed by atoms with Crippen LogP contribution < -0.4 is 4.74 Å². The van der Waals surface area contributed by atoms with Gasteiger partial charge in [-0.05, 0) is 37.1 Å². The zero-order valence-corrected chi connectivity index (χ0v) is 13.6. The summed E-state index contributed by atoms with van der Waals surface area (Å²) in [6, 6.07) is 12.5. The number of Topliss-reactive ketones (excluding diaryl/α,β-unsaturated/α-hetero) is 1. The minimum Gasteiger partial charge on any atom is -0.496 e. The van der Waals surface area contributed by atoms with Crippen molar-refractivity contribution in [1.82, 2.24) is 9.88 Å². The van der Waals surface area contributed by atoms with Crippen LogP contribution in [0.15, 0.2) is 48.7 Å². The number of carbonyl (C=O) groups is 2. The monoisotopic (exact) mass is 324 g/mol. The summed E-state index contributed by atoms with van der Waals surface area (Å²) in [7, 11) is 1.56. The van der Waals surface area contributed by atoms with Crippen LogP contribution in [0.25, 0.3) is 0 Å². The number of amides is 1. The lowest BCUT2D eigenvalue weighted by atomic mass is 9.89. The van der Waals surface area contributed by atoms with Crippen LogP contribution in [0.3, 0.4) is 0 Å². The predicted molar refractivity (Wildman–Crippen MR) is 90.2 cm³/mol. The molecule has 1 fully saturated rings. The second-order valence-corrected chi connectivity index (χ2v) is 5.87. The fraction of sp³-hybridized carbons (Fsp3) is 0.316. The van der Waals surface area contributed by atoms with E-state index in [0.29, 0.717) is 30.1 Å². The van der Waals surface area contributed by atoms with Crippen LogP contribution in [-0.2, 0) is 0 Å². The number of ether oxygens (including phenoxy) is 1. The third kappa shape index (κ3) is 3.30. The molecule has 2 aromatic rings. The minimum absolute atomic E-state index is 0.0333. The van der Waals surface area contributed by atoms with E-state index >= 15 is 0 Å². The lowest BCUT2D eigenvalue weighted by molar-refractivity contribution is 0.0631. The van der Waals surface area contributed by atoms with E-state index in [2.05, 4.69) is 4.98 Å². The third-order valence-electron chi connectivity index (χ3n) is 4.34. The molecule has 0 N–H and O–H groups in total. The molecule has 3 rings (SSSR count). The highest BCUT2D eigenvalue weighted by Gasteiger charge is 2.30. The number of nitrogens with zero attached hydrogens (tertiary/aromatic N) is 2. The van der Waals surface area contributed by atoms with Gasteiger partial charge in [-0.15, -0.1) is 0 Å². The highest BCUT2D eigenvalue weighted by atomic mass is 16.5. The van der Waals surface area contributed by atoms with Crippen molar-refractivity contribution in [3.8, 4) is 5.75 Å². The molecule has 124 valence electrons. The Hall–Kier alpha value is -2.69. The summed E-state index contributed by atoms with van der Waals surface area (Å²) < 4.78 is 5.29. The number of hydrogen-bond acceptors (Lipinski definition) is 4. The molecule has 0 unspecified atom stereocenters. The molecule has 1 atom stereocenters. The van der Waals surface area contributed by atoms with E-state index in [-0.39, 0.29) is 17.6 Å². The van der Waals surface area contributed by atoms with Crippen molar-refractivity contribution in [2.24, 2.45) is 5.92 Å². The highest BCUT2D eigenvalue weighted by Crippen LogP contribution is 2.26. The molecule has 0 aliphatic carbocycles.